The Kier molecular flexibility index (Phi) is 1.38. The van der Waals surface area contributed by atoms with Crippen molar-refractivity contribution in [1.29, 1.82) is 0 Å². The van der Waals surface area contributed by atoms with Crippen molar-refractivity contribution in [2.24, 2.45) is 0 Å². The molecule has 0 aromatic rings. The molecule has 3 nitrogen and oxygen atoms in total. The van der Waals surface area contributed by atoms with Crippen molar-refractivity contribution < 1.29 is 14.6 Å². The maximum atomic E-state index is 10.7. The Balaban J connectivity index is 2.88. The smallest absolute Gasteiger partial charge is 0.383 e. The minimum absolute atomic E-state index is 0.464. The quantitative estimate of drug-likeness (QED) is 0.480. The second-order valence-corrected chi connectivity index (χ2v) is 2.57. The third-order valence-electron chi connectivity index (χ3n) is 1.02. The van der Waals surface area contributed by atoms with E-state index in [9.17, 15) is 5.11 Å². The van der Waals surface area contributed by atoms with Gasteiger partial charge in [-0.15, -0.1) is 0 Å². The van der Waals surface area contributed by atoms with E-state index in [0.29, 0.717) is 5.76 Å². The Bertz CT molecular complexity index is 191. The van der Waals surface area contributed by atoms with Gasteiger partial charge in [0, 0.05) is 26.5 Å². The molecule has 1 aliphatic rings. The lowest BCUT2D eigenvalue weighted by Gasteiger charge is -2.27. The van der Waals surface area contributed by atoms with Gasteiger partial charge in [0.15, 0.2) is 0 Å². The first kappa shape index (κ1) is 7.03. The zero-order valence-corrected chi connectivity index (χ0v) is 6.22. The minimum Gasteiger partial charge on any atom is -0.449 e. The molecule has 10 heavy (non-hydrogen) atoms. The fourth-order valence-electron chi connectivity index (χ4n) is 0.808. The summed E-state index contributed by atoms with van der Waals surface area (Å²) in [6.45, 7) is 5.02. The van der Waals surface area contributed by atoms with Gasteiger partial charge < -0.3 is 9.47 Å². The van der Waals surface area contributed by atoms with E-state index in [0.717, 1.165) is 0 Å². The number of hydrogen-bond acceptors (Lipinski definition) is 2. The molecule has 0 unspecified atom stereocenters. The molecule has 3 heteroatoms. The second kappa shape index (κ2) is 1.96. The standard InChI is InChI=1S/C7H9O3/c1-5-4-6(8)10-7(2,3)9-5/h1-3H3. The van der Waals surface area contributed by atoms with Gasteiger partial charge in [0.1, 0.15) is 5.76 Å². The van der Waals surface area contributed by atoms with Gasteiger partial charge in [-0.2, -0.15) is 0 Å². The number of hydrogen-bond donors (Lipinski definition) is 0. The van der Waals surface area contributed by atoms with Crippen molar-refractivity contribution in [3.63, 3.8) is 0 Å². The SMILES string of the molecule is CC1=C=C([O])OC(C)(C)O1. The molecule has 0 aliphatic carbocycles. The van der Waals surface area contributed by atoms with Crippen LogP contribution in [0.25, 0.3) is 0 Å². The van der Waals surface area contributed by atoms with Crippen LogP contribution in [0.3, 0.4) is 0 Å². The van der Waals surface area contributed by atoms with Gasteiger partial charge in [-0.25, -0.2) is 5.11 Å². The maximum absolute atomic E-state index is 10.7. The highest BCUT2D eigenvalue weighted by molar-refractivity contribution is 4.95. The fraction of sp³-hybridized carbons (Fsp3) is 0.571. The third-order valence-corrected chi connectivity index (χ3v) is 1.02. The van der Waals surface area contributed by atoms with Crippen LogP contribution >= 0.6 is 0 Å². The first-order valence-corrected chi connectivity index (χ1v) is 3.02. The van der Waals surface area contributed by atoms with E-state index >= 15 is 0 Å². The van der Waals surface area contributed by atoms with Crippen LogP contribution in [0.2, 0.25) is 0 Å². The summed E-state index contributed by atoms with van der Waals surface area (Å²) in [4.78, 5) is 0. The molecule has 0 atom stereocenters. The Hall–Kier alpha value is -1.08. The zero-order valence-electron chi connectivity index (χ0n) is 6.22. The maximum Gasteiger partial charge on any atom is 0.383 e. The van der Waals surface area contributed by atoms with Crippen LogP contribution in [0.4, 0.5) is 0 Å². The monoisotopic (exact) mass is 141 g/mol. The molecule has 0 aromatic carbocycles. The highest BCUT2D eigenvalue weighted by Gasteiger charge is 2.26. The summed E-state index contributed by atoms with van der Waals surface area (Å²) in [6, 6.07) is 0. The average Bonchev–Trinajstić information content (AvgIpc) is 1.54. The highest BCUT2D eigenvalue weighted by atomic mass is 16.7. The molecule has 1 aliphatic heterocycles. The van der Waals surface area contributed by atoms with Gasteiger partial charge in [-0.05, 0) is 0 Å². The van der Waals surface area contributed by atoms with Crippen LogP contribution in [-0.2, 0) is 14.6 Å². The van der Waals surface area contributed by atoms with Crippen molar-refractivity contribution >= 4 is 0 Å². The molecule has 1 rings (SSSR count). The molecule has 0 bridgehead atoms. The fourth-order valence-corrected chi connectivity index (χ4v) is 0.808. The summed E-state index contributed by atoms with van der Waals surface area (Å²) >= 11 is 0. The van der Waals surface area contributed by atoms with Crippen LogP contribution in [0.5, 0.6) is 0 Å². The van der Waals surface area contributed by atoms with E-state index < -0.39 is 11.7 Å². The molecule has 0 spiro atoms. The summed E-state index contributed by atoms with van der Waals surface area (Å²) in [5.74, 6) is -0.818. The molecule has 0 N–H and O–H groups in total. The highest BCUT2D eigenvalue weighted by Crippen LogP contribution is 2.22. The Labute approximate surface area is 59.6 Å². The predicted octanol–water partition coefficient (Wildman–Crippen LogP) is 1.54. The first-order chi connectivity index (χ1) is 4.49. The Morgan fingerprint density at radius 3 is 2.40 bits per heavy atom. The van der Waals surface area contributed by atoms with Crippen LogP contribution in [0.1, 0.15) is 20.8 Å². The minimum atomic E-state index is -0.827. The second-order valence-electron chi connectivity index (χ2n) is 2.57. The van der Waals surface area contributed by atoms with Crippen molar-refractivity contribution in [1.82, 2.24) is 0 Å². The van der Waals surface area contributed by atoms with Gasteiger partial charge in [-0.1, -0.05) is 0 Å². The van der Waals surface area contributed by atoms with E-state index in [-0.39, 0.29) is 0 Å². The van der Waals surface area contributed by atoms with Gasteiger partial charge in [-0.3, -0.25) is 0 Å². The summed E-state index contributed by atoms with van der Waals surface area (Å²) in [6.07, 6.45) is 0. The van der Waals surface area contributed by atoms with Crippen LogP contribution in [0.15, 0.2) is 17.4 Å². The van der Waals surface area contributed by atoms with Gasteiger partial charge >= 0.3 is 5.95 Å². The number of allylic oxidation sites excluding steroid dienone is 1. The van der Waals surface area contributed by atoms with Crippen LogP contribution in [-0.4, -0.2) is 5.79 Å². The largest absolute Gasteiger partial charge is 0.449 e. The lowest BCUT2D eigenvalue weighted by atomic mass is 10.3. The van der Waals surface area contributed by atoms with E-state index in [1.54, 1.807) is 20.8 Å². The lowest BCUT2D eigenvalue weighted by molar-refractivity contribution is -0.203. The van der Waals surface area contributed by atoms with Crippen molar-refractivity contribution in [2.45, 2.75) is 26.6 Å². The van der Waals surface area contributed by atoms with Crippen molar-refractivity contribution in [2.75, 3.05) is 0 Å². The predicted molar refractivity (Wildman–Crippen MR) is 33.1 cm³/mol. The molecule has 1 heterocycles. The molecule has 0 fully saturated rings. The lowest BCUT2D eigenvalue weighted by Crippen LogP contribution is -2.28. The van der Waals surface area contributed by atoms with E-state index in [1.807, 2.05) is 0 Å². The van der Waals surface area contributed by atoms with Gasteiger partial charge in [0.05, 0.1) is 0 Å². The van der Waals surface area contributed by atoms with Crippen LogP contribution in [0, 0.1) is 0 Å². The normalized spacial score (nSPS) is 21.9. The molecule has 55 valence electrons. The molecule has 0 saturated carbocycles. The molecule has 0 aromatic heterocycles. The summed E-state index contributed by atoms with van der Waals surface area (Å²) in [5, 5.41) is 10.7. The molecule has 0 amide bonds. The number of rotatable bonds is 0. The summed E-state index contributed by atoms with van der Waals surface area (Å²) < 4.78 is 9.86. The molecular formula is C7H9O3. The van der Waals surface area contributed by atoms with Gasteiger partial charge in [0.25, 0.3) is 0 Å². The van der Waals surface area contributed by atoms with Crippen molar-refractivity contribution in [3.8, 4) is 0 Å². The third kappa shape index (κ3) is 1.45. The van der Waals surface area contributed by atoms with E-state index in [4.69, 9.17) is 9.47 Å². The Morgan fingerprint density at radius 1 is 1.40 bits per heavy atom. The van der Waals surface area contributed by atoms with Crippen molar-refractivity contribution in [3.05, 3.63) is 17.4 Å². The Morgan fingerprint density at radius 2 is 2.00 bits per heavy atom. The van der Waals surface area contributed by atoms with E-state index in [1.165, 1.54) is 0 Å². The molecule has 1 radical (unpaired) electrons. The summed E-state index contributed by atoms with van der Waals surface area (Å²) in [7, 11) is 0. The topological polar surface area (TPSA) is 38.4 Å². The number of ether oxygens (including phenoxy) is 2. The zero-order chi connectivity index (χ0) is 7.78. The van der Waals surface area contributed by atoms with Gasteiger partial charge in [0.2, 0.25) is 5.79 Å². The van der Waals surface area contributed by atoms with Crippen LogP contribution < -0.4 is 0 Å². The van der Waals surface area contributed by atoms with E-state index in [2.05, 4.69) is 5.73 Å². The average molecular weight is 141 g/mol. The summed E-state index contributed by atoms with van der Waals surface area (Å²) in [5.41, 5.74) is 2.37. The molecular weight excluding hydrogens is 132 g/mol. The first-order valence-electron chi connectivity index (χ1n) is 3.02. The molecule has 0 saturated heterocycles.